The van der Waals surface area contributed by atoms with Crippen molar-refractivity contribution < 1.29 is 10.2 Å². The van der Waals surface area contributed by atoms with Crippen LogP contribution in [0.25, 0.3) is 23.1 Å². The van der Waals surface area contributed by atoms with E-state index in [0.29, 0.717) is 0 Å². The fourth-order valence-corrected chi connectivity index (χ4v) is 2.33. The number of aromatic hydroxyl groups is 2. The standard InChI is InChI=1S/C20H17NO2/c1-14(12-15-7-11-19(22)20(23)13-15)6-9-17-10-8-16-4-2-3-5-18(16)21-17/h2-13,22-23H,1H3/b9-6+,14-12+. The Labute approximate surface area is 134 Å². The summed E-state index contributed by atoms with van der Waals surface area (Å²) < 4.78 is 0. The van der Waals surface area contributed by atoms with Gasteiger partial charge in [-0.25, -0.2) is 4.98 Å². The number of hydrogen-bond donors (Lipinski definition) is 2. The Kier molecular flexibility index (Phi) is 4.11. The molecule has 0 atom stereocenters. The number of phenols is 2. The maximum atomic E-state index is 9.51. The topological polar surface area (TPSA) is 53.4 Å². The van der Waals surface area contributed by atoms with Gasteiger partial charge in [0, 0.05) is 5.39 Å². The average molecular weight is 303 g/mol. The second-order valence-electron chi connectivity index (χ2n) is 5.40. The van der Waals surface area contributed by atoms with E-state index in [2.05, 4.69) is 11.1 Å². The first-order valence-corrected chi connectivity index (χ1v) is 7.36. The molecular formula is C20H17NO2. The molecule has 0 radical (unpaired) electrons. The molecule has 1 aromatic heterocycles. The quantitative estimate of drug-likeness (QED) is 0.541. The molecule has 3 rings (SSSR count). The molecule has 3 aromatic rings. The Morgan fingerprint density at radius 3 is 2.61 bits per heavy atom. The fraction of sp³-hybridized carbons (Fsp3) is 0.0500. The molecule has 0 bridgehead atoms. The number of benzene rings is 2. The predicted octanol–water partition coefficient (Wildman–Crippen LogP) is 4.76. The number of phenolic OH excluding ortho intramolecular Hbond substituents is 2. The summed E-state index contributed by atoms with van der Waals surface area (Å²) in [4.78, 5) is 4.59. The molecule has 0 spiro atoms. The lowest BCUT2D eigenvalue weighted by Crippen LogP contribution is -1.82. The maximum absolute atomic E-state index is 9.51. The summed E-state index contributed by atoms with van der Waals surface area (Å²) in [5.74, 6) is -0.234. The van der Waals surface area contributed by atoms with Crippen LogP contribution in [-0.4, -0.2) is 15.2 Å². The summed E-state index contributed by atoms with van der Waals surface area (Å²) in [5.41, 5.74) is 3.71. The largest absolute Gasteiger partial charge is 0.504 e. The lowest BCUT2D eigenvalue weighted by molar-refractivity contribution is 0.403. The van der Waals surface area contributed by atoms with E-state index in [9.17, 15) is 10.2 Å². The average Bonchev–Trinajstić information content (AvgIpc) is 2.56. The third kappa shape index (κ3) is 3.58. The van der Waals surface area contributed by atoms with Crippen molar-refractivity contribution in [3.8, 4) is 11.5 Å². The van der Waals surface area contributed by atoms with Crippen LogP contribution in [0, 0.1) is 0 Å². The molecule has 0 fully saturated rings. The third-order valence-corrected chi connectivity index (χ3v) is 3.53. The number of allylic oxidation sites excluding steroid dienone is 2. The van der Waals surface area contributed by atoms with E-state index in [4.69, 9.17) is 0 Å². The van der Waals surface area contributed by atoms with E-state index >= 15 is 0 Å². The first-order chi connectivity index (χ1) is 11.1. The molecule has 0 saturated heterocycles. The van der Waals surface area contributed by atoms with Crippen LogP contribution in [0.4, 0.5) is 0 Å². The van der Waals surface area contributed by atoms with E-state index in [1.54, 1.807) is 6.07 Å². The highest BCUT2D eigenvalue weighted by molar-refractivity contribution is 5.79. The van der Waals surface area contributed by atoms with Gasteiger partial charge in [0.25, 0.3) is 0 Å². The molecule has 3 heteroatoms. The van der Waals surface area contributed by atoms with Crippen LogP contribution in [0.1, 0.15) is 18.2 Å². The highest BCUT2D eigenvalue weighted by Gasteiger charge is 1.99. The fourth-order valence-electron chi connectivity index (χ4n) is 2.33. The van der Waals surface area contributed by atoms with Crippen LogP contribution < -0.4 is 0 Å². The summed E-state index contributed by atoms with van der Waals surface area (Å²) in [7, 11) is 0. The van der Waals surface area contributed by atoms with Crippen LogP contribution >= 0.6 is 0 Å². The molecule has 23 heavy (non-hydrogen) atoms. The minimum Gasteiger partial charge on any atom is -0.504 e. The van der Waals surface area contributed by atoms with Gasteiger partial charge in [-0.1, -0.05) is 48.1 Å². The Morgan fingerprint density at radius 2 is 1.78 bits per heavy atom. The summed E-state index contributed by atoms with van der Waals surface area (Å²) in [5, 5.41) is 20.0. The number of pyridine rings is 1. The van der Waals surface area contributed by atoms with E-state index in [0.717, 1.165) is 27.7 Å². The van der Waals surface area contributed by atoms with Gasteiger partial charge < -0.3 is 10.2 Å². The molecule has 0 aliphatic rings. The van der Waals surface area contributed by atoms with Crippen molar-refractivity contribution in [2.45, 2.75) is 6.92 Å². The summed E-state index contributed by atoms with van der Waals surface area (Å²) >= 11 is 0. The van der Waals surface area contributed by atoms with Crippen molar-refractivity contribution in [1.29, 1.82) is 0 Å². The van der Waals surface area contributed by atoms with Crippen LogP contribution in [0.3, 0.4) is 0 Å². The van der Waals surface area contributed by atoms with Crippen molar-refractivity contribution in [2.24, 2.45) is 0 Å². The van der Waals surface area contributed by atoms with E-state index < -0.39 is 0 Å². The molecule has 0 saturated carbocycles. The van der Waals surface area contributed by atoms with Crippen molar-refractivity contribution in [3.05, 3.63) is 77.5 Å². The van der Waals surface area contributed by atoms with Crippen molar-refractivity contribution >= 4 is 23.1 Å². The molecule has 0 aliphatic carbocycles. The first-order valence-electron chi connectivity index (χ1n) is 7.36. The van der Waals surface area contributed by atoms with Crippen LogP contribution in [0.5, 0.6) is 11.5 Å². The molecule has 2 aromatic carbocycles. The number of para-hydroxylation sites is 1. The second-order valence-corrected chi connectivity index (χ2v) is 5.40. The van der Waals surface area contributed by atoms with Gasteiger partial charge in [-0.2, -0.15) is 0 Å². The summed E-state index contributed by atoms with van der Waals surface area (Å²) in [6.07, 6.45) is 5.86. The Hall–Kier alpha value is -3.07. The van der Waals surface area contributed by atoms with Crippen molar-refractivity contribution in [3.63, 3.8) is 0 Å². The second kappa shape index (κ2) is 6.36. The summed E-state index contributed by atoms with van der Waals surface area (Å²) in [6, 6.07) is 16.8. The maximum Gasteiger partial charge on any atom is 0.157 e. The normalized spacial score (nSPS) is 12.1. The first kappa shape index (κ1) is 14.9. The van der Waals surface area contributed by atoms with Gasteiger partial charge in [-0.3, -0.25) is 0 Å². The molecule has 114 valence electrons. The zero-order valence-corrected chi connectivity index (χ0v) is 12.8. The third-order valence-electron chi connectivity index (χ3n) is 3.53. The van der Waals surface area contributed by atoms with Gasteiger partial charge in [-0.05, 0) is 42.8 Å². The molecule has 0 amide bonds. The molecule has 0 aliphatic heterocycles. The van der Waals surface area contributed by atoms with E-state index in [1.807, 2.05) is 55.5 Å². The molecule has 2 N–H and O–H groups in total. The minimum absolute atomic E-state index is 0.115. The number of hydrogen-bond acceptors (Lipinski definition) is 3. The Bertz CT molecular complexity index is 910. The highest BCUT2D eigenvalue weighted by atomic mass is 16.3. The lowest BCUT2D eigenvalue weighted by Gasteiger charge is -2.00. The number of rotatable bonds is 3. The van der Waals surface area contributed by atoms with E-state index in [-0.39, 0.29) is 11.5 Å². The molecule has 0 unspecified atom stereocenters. The predicted molar refractivity (Wildman–Crippen MR) is 94.2 cm³/mol. The number of nitrogens with zero attached hydrogens (tertiary/aromatic N) is 1. The van der Waals surface area contributed by atoms with Gasteiger partial charge in [0.2, 0.25) is 0 Å². The van der Waals surface area contributed by atoms with Crippen LogP contribution in [0.2, 0.25) is 0 Å². The summed E-state index contributed by atoms with van der Waals surface area (Å²) in [6.45, 7) is 1.97. The van der Waals surface area contributed by atoms with Gasteiger partial charge >= 0.3 is 0 Å². The van der Waals surface area contributed by atoms with Gasteiger partial charge in [0.15, 0.2) is 11.5 Å². The Morgan fingerprint density at radius 1 is 0.957 bits per heavy atom. The molecule has 3 nitrogen and oxygen atoms in total. The highest BCUT2D eigenvalue weighted by Crippen LogP contribution is 2.26. The smallest absolute Gasteiger partial charge is 0.157 e. The molecular weight excluding hydrogens is 286 g/mol. The van der Waals surface area contributed by atoms with Gasteiger partial charge in [-0.15, -0.1) is 0 Å². The minimum atomic E-state index is -0.119. The SMILES string of the molecule is CC(/C=C/c1ccc2ccccc2n1)=C\c1ccc(O)c(O)c1. The van der Waals surface area contributed by atoms with Gasteiger partial charge in [0.05, 0.1) is 11.2 Å². The monoisotopic (exact) mass is 303 g/mol. The lowest BCUT2D eigenvalue weighted by atomic mass is 10.1. The molecule has 1 heterocycles. The zero-order valence-electron chi connectivity index (χ0n) is 12.8. The zero-order chi connectivity index (χ0) is 16.2. The van der Waals surface area contributed by atoms with Crippen LogP contribution in [0.15, 0.2) is 66.2 Å². The van der Waals surface area contributed by atoms with E-state index in [1.165, 1.54) is 12.1 Å². The van der Waals surface area contributed by atoms with Crippen molar-refractivity contribution in [2.75, 3.05) is 0 Å². The number of aromatic nitrogens is 1. The Balaban J connectivity index is 1.82. The van der Waals surface area contributed by atoms with Crippen molar-refractivity contribution in [1.82, 2.24) is 4.98 Å². The van der Waals surface area contributed by atoms with Crippen LogP contribution in [-0.2, 0) is 0 Å². The van der Waals surface area contributed by atoms with Gasteiger partial charge in [0.1, 0.15) is 0 Å². The number of fused-ring (bicyclic) bond motifs is 1.